The smallest absolute Gasteiger partial charge is 0.341 e. The molecule has 2 rings (SSSR count). The lowest BCUT2D eigenvalue weighted by atomic mass is 10.0. The minimum absolute atomic E-state index is 0.201. The number of rotatable bonds is 6. The lowest BCUT2D eigenvalue weighted by molar-refractivity contribution is 0.0597. The van der Waals surface area contributed by atoms with Crippen molar-refractivity contribution in [2.75, 3.05) is 20.8 Å². The van der Waals surface area contributed by atoms with Gasteiger partial charge in [0.25, 0.3) is 5.91 Å². The van der Waals surface area contributed by atoms with Crippen LogP contribution in [0.15, 0.2) is 42.5 Å². The lowest BCUT2D eigenvalue weighted by Crippen LogP contribution is -2.30. The number of aliphatic hydroxyl groups is 1. The van der Waals surface area contributed by atoms with Crippen LogP contribution in [0.25, 0.3) is 11.1 Å². The van der Waals surface area contributed by atoms with Gasteiger partial charge in [0.2, 0.25) is 0 Å². The average molecular weight is 343 g/mol. The largest absolute Gasteiger partial charge is 0.496 e. The molecule has 2 N–H and O–H groups in total. The third-order valence-electron chi connectivity index (χ3n) is 3.65. The van der Waals surface area contributed by atoms with Crippen molar-refractivity contribution >= 4 is 11.9 Å². The van der Waals surface area contributed by atoms with Crippen LogP contribution in [0.5, 0.6) is 5.75 Å². The van der Waals surface area contributed by atoms with Gasteiger partial charge < -0.3 is 19.9 Å². The van der Waals surface area contributed by atoms with Crippen LogP contribution in [-0.4, -0.2) is 43.9 Å². The number of amides is 1. The fourth-order valence-corrected chi connectivity index (χ4v) is 2.31. The summed E-state index contributed by atoms with van der Waals surface area (Å²) in [5.74, 6) is -0.289. The zero-order valence-electron chi connectivity index (χ0n) is 14.4. The molecule has 6 nitrogen and oxygen atoms in total. The molecule has 132 valence electrons. The molecule has 1 unspecified atom stereocenters. The maximum atomic E-state index is 12.0. The maximum Gasteiger partial charge on any atom is 0.341 e. The van der Waals surface area contributed by atoms with E-state index in [4.69, 9.17) is 9.47 Å². The number of hydrogen-bond acceptors (Lipinski definition) is 5. The second-order valence-corrected chi connectivity index (χ2v) is 5.54. The zero-order chi connectivity index (χ0) is 18.4. The first kappa shape index (κ1) is 18.5. The van der Waals surface area contributed by atoms with Gasteiger partial charge in [-0.2, -0.15) is 0 Å². The minimum Gasteiger partial charge on any atom is -0.496 e. The highest BCUT2D eigenvalue weighted by atomic mass is 16.5. The molecule has 0 aromatic heterocycles. The van der Waals surface area contributed by atoms with Crippen molar-refractivity contribution < 1.29 is 24.2 Å². The Hall–Kier alpha value is -2.86. The highest BCUT2D eigenvalue weighted by Gasteiger charge is 2.14. The number of hydrogen-bond donors (Lipinski definition) is 2. The first-order valence-electron chi connectivity index (χ1n) is 7.79. The number of esters is 1. The van der Waals surface area contributed by atoms with Crippen LogP contribution in [0.2, 0.25) is 0 Å². The Morgan fingerprint density at radius 1 is 1.08 bits per heavy atom. The normalized spacial score (nSPS) is 11.5. The van der Waals surface area contributed by atoms with Crippen LogP contribution in [-0.2, 0) is 4.74 Å². The van der Waals surface area contributed by atoms with E-state index in [2.05, 4.69) is 5.32 Å². The van der Waals surface area contributed by atoms with E-state index in [1.54, 1.807) is 37.3 Å². The van der Waals surface area contributed by atoms with E-state index < -0.39 is 12.1 Å². The van der Waals surface area contributed by atoms with Gasteiger partial charge >= 0.3 is 5.97 Å². The molecule has 1 atom stereocenters. The molecule has 2 aromatic carbocycles. The molecule has 0 fully saturated rings. The van der Waals surface area contributed by atoms with E-state index in [0.29, 0.717) is 16.9 Å². The molecule has 6 heteroatoms. The van der Waals surface area contributed by atoms with Gasteiger partial charge in [0.05, 0.1) is 20.3 Å². The number of methoxy groups -OCH3 is 2. The lowest BCUT2D eigenvalue weighted by Gasteiger charge is -2.10. The number of nitrogens with one attached hydrogen (secondary N) is 1. The Morgan fingerprint density at radius 2 is 1.72 bits per heavy atom. The molecule has 0 heterocycles. The average Bonchev–Trinajstić information content (AvgIpc) is 2.65. The predicted molar refractivity (Wildman–Crippen MR) is 93.8 cm³/mol. The Labute approximate surface area is 146 Å². The van der Waals surface area contributed by atoms with Crippen LogP contribution in [0, 0.1) is 0 Å². The molecule has 0 aliphatic carbocycles. The highest BCUT2D eigenvalue weighted by molar-refractivity contribution is 5.95. The van der Waals surface area contributed by atoms with Crippen molar-refractivity contribution in [2.24, 2.45) is 0 Å². The SMILES string of the molecule is COC(=O)c1ccc(-c2ccc(C(=O)NCC(C)O)cc2)cc1OC. The van der Waals surface area contributed by atoms with Crippen molar-refractivity contribution in [3.63, 3.8) is 0 Å². The molecule has 0 saturated carbocycles. The van der Waals surface area contributed by atoms with E-state index in [1.165, 1.54) is 14.2 Å². The molecule has 2 aromatic rings. The fraction of sp³-hybridized carbons (Fsp3) is 0.263. The van der Waals surface area contributed by atoms with Gasteiger partial charge in [-0.25, -0.2) is 4.79 Å². The van der Waals surface area contributed by atoms with Gasteiger partial charge in [0, 0.05) is 12.1 Å². The Morgan fingerprint density at radius 3 is 2.28 bits per heavy atom. The van der Waals surface area contributed by atoms with Crippen LogP contribution < -0.4 is 10.1 Å². The molecule has 0 spiro atoms. The summed E-state index contributed by atoms with van der Waals surface area (Å²) in [6.45, 7) is 1.81. The highest BCUT2D eigenvalue weighted by Crippen LogP contribution is 2.28. The van der Waals surface area contributed by atoms with Crippen molar-refractivity contribution in [2.45, 2.75) is 13.0 Å². The molecular weight excluding hydrogens is 322 g/mol. The van der Waals surface area contributed by atoms with E-state index in [9.17, 15) is 14.7 Å². The molecule has 0 saturated heterocycles. The second kappa shape index (κ2) is 8.30. The molecular formula is C19H21NO5. The molecule has 0 aliphatic rings. The van der Waals surface area contributed by atoms with Crippen LogP contribution in [0.3, 0.4) is 0 Å². The molecule has 0 aliphatic heterocycles. The summed E-state index contributed by atoms with van der Waals surface area (Å²) in [5, 5.41) is 11.9. The van der Waals surface area contributed by atoms with Crippen molar-refractivity contribution in [1.82, 2.24) is 5.32 Å². The first-order valence-corrected chi connectivity index (χ1v) is 7.79. The topological polar surface area (TPSA) is 84.9 Å². The second-order valence-electron chi connectivity index (χ2n) is 5.54. The van der Waals surface area contributed by atoms with Gasteiger partial charge in [0.15, 0.2) is 0 Å². The number of carbonyl (C=O) groups is 2. The summed E-state index contributed by atoms with van der Waals surface area (Å²) in [6.07, 6.45) is -0.594. The van der Waals surface area contributed by atoms with Crippen LogP contribution in [0.4, 0.5) is 0 Å². The first-order chi connectivity index (χ1) is 12.0. The van der Waals surface area contributed by atoms with Gasteiger partial charge in [-0.3, -0.25) is 4.79 Å². The van der Waals surface area contributed by atoms with E-state index in [-0.39, 0.29) is 12.5 Å². The fourth-order valence-electron chi connectivity index (χ4n) is 2.31. The Bertz CT molecular complexity index is 753. The Balaban J connectivity index is 2.22. The van der Waals surface area contributed by atoms with Crippen molar-refractivity contribution in [3.8, 4) is 16.9 Å². The predicted octanol–water partition coefficient (Wildman–Crippen LogP) is 2.26. The van der Waals surface area contributed by atoms with E-state index in [1.807, 2.05) is 12.1 Å². The number of aliphatic hydroxyl groups excluding tert-OH is 1. The molecule has 25 heavy (non-hydrogen) atoms. The van der Waals surface area contributed by atoms with Crippen LogP contribution >= 0.6 is 0 Å². The molecule has 0 radical (unpaired) electrons. The monoisotopic (exact) mass is 343 g/mol. The molecule has 1 amide bonds. The summed E-state index contributed by atoms with van der Waals surface area (Å²) in [5.41, 5.74) is 2.58. The number of ether oxygens (including phenoxy) is 2. The summed E-state index contributed by atoms with van der Waals surface area (Å²) >= 11 is 0. The third kappa shape index (κ3) is 4.58. The number of carbonyl (C=O) groups excluding carboxylic acids is 2. The van der Waals surface area contributed by atoms with Crippen molar-refractivity contribution in [3.05, 3.63) is 53.6 Å². The summed E-state index contributed by atoms with van der Waals surface area (Å²) in [7, 11) is 2.80. The van der Waals surface area contributed by atoms with Gasteiger partial charge in [-0.15, -0.1) is 0 Å². The zero-order valence-corrected chi connectivity index (χ0v) is 14.4. The minimum atomic E-state index is -0.594. The quantitative estimate of drug-likeness (QED) is 0.786. The number of benzene rings is 2. The van der Waals surface area contributed by atoms with Gasteiger partial charge in [-0.05, 0) is 42.3 Å². The summed E-state index contributed by atoms with van der Waals surface area (Å²) < 4.78 is 9.98. The van der Waals surface area contributed by atoms with Crippen LogP contribution in [0.1, 0.15) is 27.6 Å². The van der Waals surface area contributed by atoms with E-state index >= 15 is 0 Å². The third-order valence-corrected chi connectivity index (χ3v) is 3.65. The maximum absolute atomic E-state index is 12.0. The Kier molecular flexibility index (Phi) is 6.14. The van der Waals surface area contributed by atoms with E-state index in [0.717, 1.165) is 11.1 Å². The molecule has 0 bridgehead atoms. The van der Waals surface area contributed by atoms with Gasteiger partial charge in [-0.1, -0.05) is 18.2 Å². The summed E-state index contributed by atoms with van der Waals surface area (Å²) in [6, 6.07) is 12.2. The van der Waals surface area contributed by atoms with Gasteiger partial charge in [0.1, 0.15) is 11.3 Å². The van der Waals surface area contributed by atoms with Crippen molar-refractivity contribution in [1.29, 1.82) is 0 Å². The summed E-state index contributed by atoms with van der Waals surface area (Å²) in [4.78, 5) is 23.7. The standard InChI is InChI=1S/C19H21NO5/c1-12(21)11-20-18(22)14-6-4-13(5-7-14)15-8-9-16(19(23)25-3)17(10-15)24-2/h4-10,12,21H,11H2,1-3H3,(H,20,22).